The van der Waals surface area contributed by atoms with Crippen LogP contribution in [-0.2, 0) is 9.47 Å². The first kappa shape index (κ1) is 12.7. The number of hydrogen-bond donors (Lipinski definition) is 0. The zero-order valence-electron chi connectivity index (χ0n) is 11.8. The maximum Gasteiger partial charge on any atom is 0.417 e. The highest BCUT2D eigenvalue weighted by Crippen LogP contribution is 2.58. The molecule has 4 atom stereocenters. The maximum absolute atomic E-state index is 11.8. The summed E-state index contributed by atoms with van der Waals surface area (Å²) in [4.78, 5) is 13.3. The van der Waals surface area contributed by atoms with E-state index in [0.29, 0.717) is 6.61 Å². The first-order valence-electron chi connectivity index (χ1n) is 7.35. The number of amides is 1. The summed E-state index contributed by atoms with van der Waals surface area (Å²) in [5.74, 6) is 0.557. The van der Waals surface area contributed by atoms with Crippen LogP contribution in [0.2, 0.25) is 0 Å². The summed E-state index contributed by atoms with van der Waals surface area (Å²) in [6.45, 7) is 2.19. The molecule has 0 spiro atoms. The van der Waals surface area contributed by atoms with Crippen LogP contribution in [-0.4, -0.2) is 17.6 Å². The summed E-state index contributed by atoms with van der Waals surface area (Å²) in [6.07, 6.45) is 7.59. The summed E-state index contributed by atoms with van der Waals surface area (Å²) < 4.78 is 11.2. The van der Waals surface area contributed by atoms with E-state index in [1.165, 1.54) is 16.0 Å². The van der Waals surface area contributed by atoms with Crippen LogP contribution in [0.1, 0.15) is 30.3 Å². The molecular weight excluding hydrogens is 266 g/mol. The van der Waals surface area contributed by atoms with Crippen LogP contribution in [0, 0.1) is 11.8 Å². The summed E-state index contributed by atoms with van der Waals surface area (Å²) in [6, 6.07) is 8.39. The number of benzene rings is 1. The van der Waals surface area contributed by atoms with E-state index in [0.717, 1.165) is 0 Å². The zero-order chi connectivity index (χ0) is 14.4. The number of carbonyl (C=O) groups is 1. The lowest BCUT2D eigenvalue weighted by molar-refractivity contribution is 0.0597. The quantitative estimate of drug-likeness (QED) is 0.791. The molecule has 1 aromatic rings. The Balaban J connectivity index is 1.65. The number of nitrogens with zero attached hydrogens (tertiary/aromatic N) is 1. The molecule has 108 valence electrons. The molecule has 3 heterocycles. The topological polar surface area (TPSA) is 38.8 Å². The van der Waals surface area contributed by atoms with E-state index in [4.69, 9.17) is 9.47 Å². The average Bonchev–Trinajstić information content (AvgIpc) is 2.96. The molecule has 0 unspecified atom stereocenters. The fraction of sp³-hybridized carbons (Fsp3) is 0.353. The van der Waals surface area contributed by atoms with Crippen molar-refractivity contribution in [3.63, 3.8) is 0 Å². The molecule has 3 aliphatic heterocycles. The number of fused-ring (bicyclic) bond motifs is 8. The van der Waals surface area contributed by atoms with Gasteiger partial charge >= 0.3 is 6.09 Å². The van der Waals surface area contributed by atoms with E-state index >= 15 is 0 Å². The third-order valence-corrected chi connectivity index (χ3v) is 4.46. The Kier molecular flexibility index (Phi) is 2.86. The molecule has 4 heteroatoms. The van der Waals surface area contributed by atoms with Gasteiger partial charge < -0.3 is 9.47 Å². The van der Waals surface area contributed by atoms with Gasteiger partial charge in [0.15, 0.2) is 0 Å². The molecule has 3 aliphatic rings. The van der Waals surface area contributed by atoms with Gasteiger partial charge in [-0.2, -0.15) is 0 Å². The third kappa shape index (κ3) is 1.83. The molecule has 1 saturated heterocycles. The summed E-state index contributed by atoms with van der Waals surface area (Å²) >= 11 is 0. The van der Waals surface area contributed by atoms with Gasteiger partial charge in [0.05, 0.1) is 18.8 Å². The van der Waals surface area contributed by atoms with Gasteiger partial charge in [0.2, 0.25) is 0 Å². The van der Waals surface area contributed by atoms with Gasteiger partial charge in [-0.3, -0.25) is 4.90 Å². The van der Waals surface area contributed by atoms with Crippen molar-refractivity contribution in [3.05, 3.63) is 59.9 Å². The summed E-state index contributed by atoms with van der Waals surface area (Å²) in [5.41, 5.74) is 2.57. The lowest BCUT2D eigenvalue weighted by atomic mass is 9.76. The highest BCUT2D eigenvalue weighted by atomic mass is 16.6. The highest BCUT2D eigenvalue weighted by Gasteiger charge is 2.50. The van der Waals surface area contributed by atoms with Crippen molar-refractivity contribution in [1.82, 2.24) is 4.90 Å². The van der Waals surface area contributed by atoms with E-state index in [2.05, 4.69) is 36.4 Å². The van der Waals surface area contributed by atoms with E-state index in [9.17, 15) is 4.79 Å². The molecule has 1 fully saturated rings. The second-order valence-corrected chi connectivity index (χ2v) is 5.55. The van der Waals surface area contributed by atoms with Gasteiger partial charge in [-0.1, -0.05) is 36.4 Å². The monoisotopic (exact) mass is 283 g/mol. The third-order valence-electron chi connectivity index (χ3n) is 4.46. The van der Waals surface area contributed by atoms with E-state index in [1.54, 1.807) is 12.4 Å². The molecule has 2 bridgehead atoms. The fourth-order valence-corrected chi connectivity index (χ4v) is 3.55. The number of ether oxygens (including phenoxy) is 2. The Bertz CT molecular complexity index is 592. The van der Waals surface area contributed by atoms with Crippen LogP contribution in [0.3, 0.4) is 0 Å². The molecule has 0 radical (unpaired) electrons. The molecule has 0 aromatic heterocycles. The van der Waals surface area contributed by atoms with Crippen LogP contribution >= 0.6 is 0 Å². The molecule has 21 heavy (non-hydrogen) atoms. The van der Waals surface area contributed by atoms with Gasteiger partial charge in [-0.05, 0) is 18.1 Å². The Morgan fingerprint density at radius 2 is 1.71 bits per heavy atom. The molecule has 0 aliphatic carbocycles. The first-order valence-corrected chi connectivity index (χ1v) is 7.35. The second-order valence-electron chi connectivity index (χ2n) is 5.55. The van der Waals surface area contributed by atoms with Crippen LogP contribution in [0.5, 0.6) is 0 Å². The Morgan fingerprint density at radius 1 is 1.14 bits per heavy atom. The van der Waals surface area contributed by atoms with E-state index in [-0.39, 0.29) is 30.1 Å². The van der Waals surface area contributed by atoms with E-state index in [1.807, 2.05) is 6.92 Å². The van der Waals surface area contributed by atoms with Crippen LogP contribution in [0.4, 0.5) is 4.79 Å². The van der Waals surface area contributed by atoms with Crippen molar-refractivity contribution in [2.75, 3.05) is 6.61 Å². The van der Waals surface area contributed by atoms with Crippen molar-refractivity contribution in [1.29, 1.82) is 0 Å². The first-order chi connectivity index (χ1) is 10.3. The summed E-state index contributed by atoms with van der Waals surface area (Å²) in [5, 5.41) is 0. The van der Waals surface area contributed by atoms with Gasteiger partial charge in [0.25, 0.3) is 0 Å². The zero-order valence-corrected chi connectivity index (χ0v) is 11.8. The minimum atomic E-state index is -0.337. The molecule has 0 N–H and O–H groups in total. The van der Waals surface area contributed by atoms with Gasteiger partial charge in [0.1, 0.15) is 0 Å². The molecule has 1 aromatic carbocycles. The number of carbonyl (C=O) groups excluding carboxylic acids is 1. The summed E-state index contributed by atoms with van der Waals surface area (Å²) in [7, 11) is 0. The Hall–Kier alpha value is -2.07. The van der Waals surface area contributed by atoms with Crippen LogP contribution < -0.4 is 0 Å². The second kappa shape index (κ2) is 4.74. The predicted octanol–water partition coefficient (Wildman–Crippen LogP) is 3.54. The van der Waals surface area contributed by atoms with Gasteiger partial charge in [-0.25, -0.2) is 4.79 Å². The van der Waals surface area contributed by atoms with Crippen molar-refractivity contribution in [3.8, 4) is 0 Å². The van der Waals surface area contributed by atoms with Crippen molar-refractivity contribution in [2.24, 2.45) is 11.8 Å². The molecule has 0 saturated carbocycles. The lowest BCUT2D eigenvalue weighted by Gasteiger charge is -2.24. The number of rotatable bonds is 1. The van der Waals surface area contributed by atoms with Gasteiger partial charge in [-0.15, -0.1) is 0 Å². The normalized spacial score (nSPS) is 31.8. The van der Waals surface area contributed by atoms with E-state index < -0.39 is 0 Å². The highest BCUT2D eigenvalue weighted by molar-refractivity contribution is 5.70. The number of hydrogen-bond acceptors (Lipinski definition) is 3. The van der Waals surface area contributed by atoms with Crippen molar-refractivity contribution < 1.29 is 14.3 Å². The fourth-order valence-electron chi connectivity index (χ4n) is 3.55. The smallest absolute Gasteiger partial charge is 0.417 e. The maximum atomic E-state index is 11.8. The minimum absolute atomic E-state index is 0.0965. The minimum Gasteiger partial charge on any atom is -0.449 e. The van der Waals surface area contributed by atoms with Gasteiger partial charge in [0, 0.05) is 24.2 Å². The SMILES string of the molecule is CCOC(=O)N1C=C[C@@H]2[C@H](C=C1)[C@H]1O[C@H]2c2ccccc21. The largest absolute Gasteiger partial charge is 0.449 e. The molecule has 1 amide bonds. The Morgan fingerprint density at radius 3 is 2.24 bits per heavy atom. The molecule has 4 nitrogen and oxygen atoms in total. The van der Waals surface area contributed by atoms with Crippen molar-refractivity contribution >= 4 is 6.09 Å². The van der Waals surface area contributed by atoms with Crippen molar-refractivity contribution in [2.45, 2.75) is 19.1 Å². The van der Waals surface area contributed by atoms with Crippen LogP contribution in [0.25, 0.3) is 0 Å². The molecule has 4 rings (SSSR count). The Labute approximate surface area is 123 Å². The van der Waals surface area contributed by atoms with Crippen LogP contribution in [0.15, 0.2) is 48.8 Å². The predicted molar refractivity (Wildman–Crippen MR) is 77.1 cm³/mol. The molecular formula is C17H17NO3. The standard InChI is InChI=1S/C17H17NO3/c1-2-20-17(19)18-9-7-13-14(8-10-18)16-12-6-4-3-5-11(12)15(13)21-16/h3-10,13-16H,2H2,1H3/t13-,14+,15-,16-/m0/s1. The average molecular weight is 283 g/mol. The lowest BCUT2D eigenvalue weighted by Crippen LogP contribution is -2.20.